The second-order valence-corrected chi connectivity index (χ2v) is 4.11. The number of aliphatic hydroxyl groups excluding tert-OH is 1. The van der Waals surface area contributed by atoms with Crippen LogP contribution in [0.25, 0.3) is 0 Å². The lowest BCUT2D eigenvalue weighted by molar-refractivity contribution is 0.122. The van der Waals surface area contributed by atoms with Gasteiger partial charge >= 0.3 is 0 Å². The van der Waals surface area contributed by atoms with Gasteiger partial charge in [-0.25, -0.2) is 0 Å². The van der Waals surface area contributed by atoms with Crippen LogP contribution in [0.2, 0.25) is 0 Å². The molecule has 3 nitrogen and oxygen atoms in total. The van der Waals surface area contributed by atoms with Crippen molar-refractivity contribution in [3.05, 3.63) is 48.2 Å². The minimum atomic E-state index is 0.0834. The van der Waals surface area contributed by atoms with Gasteiger partial charge < -0.3 is 10.4 Å². The number of piperazine rings is 1. The largest absolute Gasteiger partial charge is 0.394 e. The van der Waals surface area contributed by atoms with Gasteiger partial charge in [0.25, 0.3) is 0 Å². The summed E-state index contributed by atoms with van der Waals surface area (Å²) in [4.78, 5) is 2.26. The minimum Gasteiger partial charge on any atom is -0.394 e. The maximum absolute atomic E-state index is 9.53. The van der Waals surface area contributed by atoms with Crippen molar-refractivity contribution in [1.29, 1.82) is 0 Å². The maximum Gasteiger partial charge on any atom is 0.0628 e. The zero-order valence-corrected chi connectivity index (χ0v) is 9.39. The topological polar surface area (TPSA) is 35.5 Å². The fourth-order valence-corrected chi connectivity index (χ4v) is 2.13. The lowest BCUT2D eigenvalue weighted by Gasteiger charge is -2.35. The number of benzene rings is 1. The van der Waals surface area contributed by atoms with E-state index >= 15 is 0 Å². The van der Waals surface area contributed by atoms with Crippen molar-refractivity contribution in [2.45, 2.75) is 6.04 Å². The maximum atomic E-state index is 9.53. The van der Waals surface area contributed by atoms with Crippen LogP contribution in [0, 0.1) is 0 Å². The standard InChI is InChI=1S/C13H18N2O/c1-11-9-15(8-7-14-11)13(10-16)12-5-3-2-4-6-12/h2-6,13-14,16H,1,7-10H2/t13-/m0/s1. The summed E-state index contributed by atoms with van der Waals surface area (Å²) in [6.07, 6.45) is 0. The van der Waals surface area contributed by atoms with Gasteiger partial charge in [0.15, 0.2) is 0 Å². The van der Waals surface area contributed by atoms with Gasteiger partial charge in [0, 0.05) is 25.3 Å². The summed E-state index contributed by atoms with van der Waals surface area (Å²) in [5.41, 5.74) is 2.19. The van der Waals surface area contributed by atoms with Crippen LogP contribution in [0.4, 0.5) is 0 Å². The third-order valence-electron chi connectivity index (χ3n) is 2.97. The summed E-state index contributed by atoms with van der Waals surface area (Å²) in [6.45, 7) is 6.74. The molecule has 86 valence electrons. The van der Waals surface area contributed by atoms with Crippen molar-refractivity contribution in [3.8, 4) is 0 Å². The van der Waals surface area contributed by atoms with Crippen molar-refractivity contribution in [1.82, 2.24) is 10.2 Å². The molecule has 2 N–H and O–H groups in total. The Hall–Kier alpha value is -1.32. The third-order valence-corrected chi connectivity index (χ3v) is 2.97. The molecule has 0 unspecified atom stereocenters. The third kappa shape index (κ3) is 2.43. The minimum absolute atomic E-state index is 0.0834. The summed E-state index contributed by atoms with van der Waals surface area (Å²) < 4.78 is 0. The molecule has 1 heterocycles. The predicted molar refractivity (Wildman–Crippen MR) is 65.0 cm³/mol. The van der Waals surface area contributed by atoms with Crippen molar-refractivity contribution >= 4 is 0 Å². The number of nitrogens with one attached hydrogen (secondary N) is 1. The molecule has 3 heteroatoms. The molecular weight excluding hydrogens is 200 g/mol. The highest BCUT2D eigenvalue weighted by atomic mass is 16.3. The first-order valence-electron chi connectivity index (χ1n) is 5.63. The van der Waals surface area contributed by atoms with Gasteiger partial charge in [-0.2, -0.15) is 0 Å². The van der Waals surface area contributed by atoms with Gasteiger partial charge in [-0.1, -0.05) is 36.9 Å². The van der Waals surface area contributed by atoms with Gasteiger partial charge in [-0.3, -0.25) is 4.90 Å². The Kier molecular flexibility index (Phi) is 3.59. The van der Waals surface area contributed by atoms with Gasteiger partial charge in [0.05, 0.1) is 12.6 Å². The molecule has 1 aromatic rings. The number of hydrogen-bond donors (Lipinski definition) is 2. The van der Waals surface area contributed by atoms with E-state index < -0.39 is 0 Å². The van der Waals surface area contributed by atoms with E-state index in [9.17, 15) is 5.11 Å². The zero-order chi connectivity index (χ0) is 11.4. The van der Waals surface area contributed by atoms with Crippen LogP contribution in [0.3, 0.4) is 0 Å². The highest BCUT2D eigenvalue weighted by molar-refractivity contribution is 5.20. The SMILES string of the molecule is C=C1CN([C@@H](CO)c2ccccc2)CCN1. The summed E-state index contributed by atoms with van der Waals surface area (Å²) in [5.74, 6) is 0. The molecule has 0 bridgehead atoms. The van der Waals surface area contributed by atoms with Gasteiger partial charge in [-0.15, -0.1) is 0 Å². The van der Waals surface area contributed by atoms with Crippen molar-refractivity contribution in [2.75, 3.05) is 26.2 Å². The van der Waals surface area contributed by atoms with Crippen LogP contribution in [0.15, 0.2) is 42.6 Å². The Labute approximate surface area is 96.4 Å². The molecule has 1 saturated heterocycles. The fourth-order valence-electron chi connectivity index (χ4n) is 2.13. The summed E-state index contributed by atoms with van der Waals surface area (Å²) in [7, 11) is 0. The van der Waals surface area contributed by atoms with Crippen molar-refractivity contribution in [2.24, 2.45) is 0 Å². The molecule has 1 fully saturated rings. The second kappa shape index (κ2) is 5.14. The smallest absolute Gasteiger partial charge is 0.0628 e. The highest BCUT2D eigenvalue weighted by Crippen LogP contribution is 2.21. The molecule has 0 aromatic heterocycles. The molecule has 0 radical (unpaired) electrons. The number of hydrogen-bond acceptors (Lipinski definition) is 3. The molecule has 0 saturated carbocycles. The first kappa shape index (κ1) is 11.2. The van der Waals surface area contributed by atoms with E-state index in [-0.39, 0.29) is 12.6 Å². The Balaban J connectivity index is 2.13. The molecule has 1 aromatic carbocycles. The average molecular weight is 218 g/mol. The van der Waals surface area contributed by atoms with E-state index in [1.165, 1.54) is 5.56 Å². The van der Waals surface area contributed by atoms with E-state index in [0.29, 0.717) is 0 Å². The zero-order valence-electron chi connectivity index (χ0n) is 9.39. The second-order valence-electron chi connectivity index (χ2n) is 4.11. The molecule has 0 amide bonds. The molecule has 1 aliphatic heterocycles. The van der Waals surface area contributed by atoms with Gasteiger partial charge in [0.1, 0.15) is 0 Å². The van der Waals surface area contributed by atoms with Crippen LogP contribution < -0.4 is 5.32 Å². The Morgan fingerprint density at radius 1 is 1.38 bits per heavy atom. The van der Waals surface area contributed by atoms with Crippen molar-refractivity contribution in [3.63, 3.8) is 0 Å². The first-order valence-corrected chi connectivity index (χ1v) is 5.63. The summed E-state index contributed by atoms with van der Waals surface area (Å²) >= 11 is 0. The lowest BCUT2D eigenvalue weighted by Crippen LogP contribution is -2.44. The van der Waals surface area contributed by atoms with Crippen LogP contribution in [0.1, 0.15) is 11.6 Å². The molecule has 2 rings (SSSR count). The molecule has 1 atom stereocenters. The average Bonchev–Trinajstić information content (AvgIpc) is 2.31. The fraction of sp³-hybridized carbons (Fsp3) is 0.385. The quantitative estimate of drug-likeness (QED) is 0.798. The Morgan fingerprint density at radius 3 is 2.75 bits per heavy atom. The van der Waals surface area contributed by atoms with Crippen LogP contribution in [-0.2, 0) is 0 Å². The van der Waals surface area contributed by atoms with Gasteiger partial charge in [0.2, 0.25) is 0 Å². The van der Waals surface area contributed by atoms with E-state index in [1.807, 2.05) is 18.2 Å². The van der Waals surface area contributed by atoms with E-state index in [2.05, 4.69) is 28.9 Å². The molecule has 0 spiro atoms. The van der Waals surface area contributed by atoms with E-state index in [0.717, 1.165) is 25.3 Å². The summed E-state index contributed by atoms with van der Waals surface area (Å²) in [6, 6.07) is 10.2. The van der Waals surface area contributed by atoms with Crippen LogP contribution in [-0.4, -0.2) is 36.2 Å². The Bertz CT molecular complexity index is 350. The monoisotopic (exact) mass is 218 g/mol. The van der Waals surface area contributed by atoms with E-state index in [1.54, 1.807) is 0 Å². The van der Waals surface area contributed by atoms with Crippen LogP contribution in [0.5, 0.6) is 0 Å². The number of aliphatic hydroxyl groups is 1. The number of nitrogens with zero attached hydrogens (tertiary/aromatic N) is 1. The lowest BCUT2D eigenvalue weighted by atomic mass is 10.1. The first-order chi connectivity index (χ1) is 7.81. The van der Waals surface area contributed by atoms with Crippen molar-refractivity contribution < 1.29 is 5.11 Å². The van der Waals surface area contributed by atoms with E-state index in [4.69, 9.17) is 0 Å². The highest BCUT2D eigenvalue weighted by Gasteiger charge is 2.22. The molecular formula is C13H18N2O. The summed E-state index contributed by atoms with van der Waals surface area (Å²) in [5, 5.41) is 12.8. The Morgan fingerprint density at radius 2 is 2.12 bits per heavy atom. The molecule has 1 aliphatic rings. The molecule has 16 heavy (non-hydrogen) atoms. The molecule has 0 aliphatic carbocycles. The predicted octanol–water partition coefficient (Wildman–Crippen LogP) is 1.14. The van der Waals surface area contributed by atoms with Gasteiger partial charge in [-0.05, 0) is 5.56 Å². The number of rotatable bonds is 3. The normalized spacial score (nSPS) is 19.2. The van der Waals surface area contributed by atoms with Crippen LogP contribution >= 0.6 is 0 Å².